The zero-order valence-corrected chi connectivity index (χ0v) is 13.2. The second-order valence-corrected chi connectivity index (χ2v) is 6.61. The van der Waals surface area contributed by atoms with Crippen LogP contribution < -0.4 is 14.2 Å². The van der Waals surface area contributed by atoms with Gasteiger partial charge in [0.2, 0.25) is 0 Å². The lowest BCUT2D eigenvalue weighted by Crippen LogP contribution is -2.17. The Kier molecular flexibility index (Phi) is 3.69. The van der Waals surface area contributed by atoms with Crippen molar-refractivity contribution in [2.75, 3.05) is 17.9 Å². The fourth-order valence-electron chi connectivity index (χ4n) is 2.28. The summed E-state index contributed by atoms with van der Waals surface area (Å²) in [5.41, 5.74) is 1.18. The van der Waals surface area contributed by atoms with Gasteiger partial charge in [0.1, 0.15) is 13.2 Å². The minimum atomic E-state index is -3.70. The number of nitrogens with one attached hydrogen (secondary N) is 1. The molecule has 8 heteroatoms. The van der Waals surface area contributed by atoms with Crippen molar-refractivity contribution in [3.8, 4) is 11.5 Å². The zero-order chi connectivity index (χ0) is 15.7. The molecule has 2 heterocycles. The second kappa shape index (κ2) is 5.53. The van der Waals surface area contributed by atoms with Crippen LogP contribution in [-0.2, 0) is 23.5 Å². The third-order valence-electron chi connectivity index (χ3n) is 3.31. The first-order valence-corrected chi connectivity index (χ1v) is 8.43. The molecule has 7 nitrogen and oxygen atoms in total. The Morgan fingerprint density at radius 3 is 2.73 bits per heavy atom. The maximum absolute atomic E-state index is 12.5. The minimum absolute atomic E-state index is 0.127. The molecule has 2 aromatic rings. The fourth-order valence-corrected chi connectivity index (χ4v) is 3.36. The summed E-state index contributed by atoms with van der Waals surface area (Å²) >= 11 is 0. The van der Waals surface area contributed by atoms with Gasteiger partial charge >= 0.3 is 0 Å². The summed E-state index contributed by atoms with van der Waals surface area (Å²) in [6.45, 7) is 2.80. The maximum Gasteiger partial charge on any atom is 0.262 e. The number of fused-ring (bicyclic) bond motifs is 1. The van der Waals surface area contributed by atoms with Gasteiger partial charge in [-0.3, -0.25) is 9.40 Å². The van der Waals surface area contributed by atoms with E-state index >= 15 is 0 Å². The summed E-state index contributed by atoms with van der Waals surface area (Å²) in [4.78, 5) is 0.127. The molecule has 1 aromatic carbocycles. The lowest BCUT2D eigenvalue weighted by molar-refractivity contribution is 0.171. The highest BCUT2D eigenvalue weighted by Crippen LogP contribution is 2.32. The van der Waals surface area contributed by atoms with E-state index in [1.165, 1.54) is 12.1 Å². The van der Waals surface area contributed by atoms with Crippen LogP contribution in [0.5, 0.6) is 11.5 Å². The number of benzene rings is 1. The van der Waals surface area contributed by atoms with Crippen LogP contribution in [0.4, 0.5) is 5.69 Å². The Bertz CT molecular complexity index is 798. The van der Waals surface area contributed by atoms with E-state index in [0.717, 1.165) is 0 Å². The maximum atomic E-state index is 12.5. The van der Waals surface area contributed by atoms with Crippen LogP contribution in [0.15, 0.2) is 29.3 Å². The number of aromatic nitrogens is 2. The van der Waals surface area contributed by atoms with E-state index in [4.69, 9.17) is 9.47 Å². The topological polar surface area (TPSA) is 82.5 Å². The Morgan fingerprint density at radius 1 is 1.27 bits per heavy atom. The number of sulfonamides is 1. The van der Waals surface area contributed by atoms with Crippen molar-refractivity contribution in [2.24, 2.45) is 7.05 Å². The number of rotatable bonds is 4. The normalized spacial score (nSPS) is 13.9. The highest BCUT2D eigenvalue weighted by molar-refractivity contribution is 7.92. The van der Waals surface area contributed by atoms with E-state index in [-0.39, 0.29) is 4.90 Å². The van der Waals surface area contributed by atoms with Gasteiger partial charge in [0, 0.05) is 19.3 Å². The summed E-state index contributed by atoms with van der Waals surface area (Å²) in [5, 5.41) is 4.22. The summed E-state index contributed by atoms with van der Waals surface area (Å²) in [5.74, 6) is 0.997. The van der Waals surface area contributed by atoms with Gasteiger partial charge in [-0.25, -0.2) is 8.42 Å². The highest BCUT2D eigenvalue weighted by Gasteiger charge is 2.21. The Balaban J connectivity index is 1.92. The smallest absolute Gasteiger partial charge is 0.262 e. The van der Waals surface area contributed by atoms with Crippen molar-refractivity contribution in [1.29, 1.82) is 0 Å². The van der Waals surface area contributed by atoms with Crippen LogP contribution in [0.25, 0.3) is 0 Å². The van der Waals surface area contributed by atoms with Crippen LogP contribution in [0.3, 0.4) is 0 Å². The van der Waals surface area contributed by atoms with Crippen LogP contribution >= 0.6 is 0 Å². The Labute approximate surface area is 128 Å². The van der Waals surface area contributed by atoms with Gasteiger partial charge in [0.15, 0.2) is 11.5 Å². The SMILES string of the molecule is CCc1nn(C)cc1NS(=O)(=O)c1ccc2c(c1)OCCO2. The molecule has 0 amide bonds. The van der Waals surface area contributed by atoms with Gasteiger partial charge < -0.3 is 9.47 Å². The number of nitrogens with zero attached hydrogens (tertiary/aromatic N) is 2. The van der Waals surface area contributed by atoms with E-state index in [1.807, 2.05) is 6.92 Å². The fraction of sp³-hybridized carbons (Fsp3) is 0.357. The van der Waals surface area contributed by atoms with E-state index in [2.05, 4.69) is 9.82 Å². The van der Waals surface area contributed by atoms with Crippen LogP contribution in [0.2, 0.25) is 0 Å². The Morgan fingerprint density at radius 2 is 2.00 bits per heavy atom. The number of ether oxygens (including phenoxy) is 2. The third-order valence-corrected chi connectivity index (χ3v) is 4.67. The molecule has 1 aliphatic heterocycles. The van der Waals surface area contributed by atoms with E-state index < -0.39 is 10.0 Å². The molecule has 0 bridgehead atoms. The molecule has 0 saturated carbocycles. The number of hydrogen-bond acceptors (Lipinski definition) is 5. The first kappa shape index (κ1) is 14.7. The predicted octanol–water partition coefficient (Wildman–Crippen LogP) is 1.55. The largest absolute Gasteiger partial charge is 0.486 e. The van der Waals surface area contributed by atoms with Crippen LogP contribution in [-0.4, -0.2) is 31.4 Å². The molecule has 1 aromatic heterocycles. The number of aryl methyl sites for hydroxylation is 2. The molecule has 0 fully saturated rings. The summed E-state index contributed by atoms with van der Waals surface area (Å²) in [6.07, 6.45) is 2.29. The van der Waals surface area contributed by atoms with Crippen LogP contribution in [0.1, 0.15) is 12.6 Å². The molecule has 0 saturated heterocycles. The van der Waals surface area contributed by atoms with Crippen molar-refractivity contribution >= 4 is 15.7 Å². The van der Waals surface area contributed by atoms with Crippen LogP contribution in [0, 0.1) is 0 Å². The molecule has 22 heavy (non-hydrogen) atoms. The zero-order valence-electron chi connectivity index (χ0n) is 12.4. The average Bonchev–Trinajstić information content (AvgIpc) is 2.85. The van der Waals surface area contributed by atoms with Crippen molar-refractivity contribution in [1.82, 2.24) is 9.78 Å². The van der Waals surface area contributed by atoms with Gasteiger partial charge in [-0.05, 0) is 18.6 Å². The second-order valence-electron chi connectivity index (χ2n) is 4.93. The molecular formula is C14H17N3O4S. The quantitative estimate of drug-likeness (QED) is 0.923. The molecule has 0 atom stereocenters. The molecule has 0 spiro atoms. The average molecular weight is 323 g/mol. The van der Waals surface area contributed by atoms with Gasteiger partial charge in [0.05, 0.1) is 16.3 Å². The van der Waals surface area contributed by atoms with Crippen molar-refractivity contribution in [2.45, 2.75) is 18.2 Å². The molecular weight excluding hydrogens is 306 g/mol. The molecule has 1 aliphatic rings. The highest BCUT2D eigenvalue weighted by atomic mass is 32.2. The van der Waals surface area contributed by atoms with Crippen molar-refractivity contribution in [3.63, 3.8) is 0 Å². The summed E-state index contributed by atoms with van der Waals surface area (Å²) in [6, 6.07) is 4.57. The van der Waals surface area contributed by atoms with Gasteiger partial charge in [-0.15, -0.1) is 0 Å². The lowest BCUT2D eigenvalue weighted by atomic mass is 10.3. The minimum Gasteiger partial charge on any atom is -0.486 e. The predicted molar refractivity (Wildman–Crippen MR) is 80.8 cm³/mol. The van der Waals surface area contributed by atoms with Crippen molar-refractivity contribution < 1.29 is 17.9 Å². The third kappa shape index (κ3) is 2.74. The van der Waals surface area contributed by atoms with E-state index in [9.17, 15) is 8.42 Å². The van der Waals surface area contributed by atoms with Crippen molar-refractivity contribution in [3.05, 3.63) is 30.1 Å². The molecule has 0 unspecified atom stereocenters. The molecule has 1 N–H and O–H groups in total. The van der Waals surface area contributed by atoms with E-state index in [0.29, 0.717) is 42.5 Å². The molecule has 0 aliphatic carbocycles. The Hall–Kier alpha value is -2.22. The standard InChI is InChI=1S/C14H17N3O4S/c1-3-11-12(9-17(2)15-11)16-22(18,19)10-4-5-13-14(8-10)21-7-6-20-13/h4-5,8-9,16H,3,6-7H2,1-2H3. The van der Waals surface area contributed by atoms with Gasteiger partial charge in [0.25, 0.3) is 10.0 Å². The summed E-state index contributed by atoms with van der Waals surface area (Å²) < 4.78 is 40.0. The molecule has 3 rings (SSSR count). The monoisotopic (exact) mass is 323 g/mol. The van der Waals surface area contributed by atoms with Gasteiger partial charge in [-0.1, -0.05) is 6.92 Å². The summed E-state index contributed by atoms with van der Waals surface area (Å²) in [7, 11) is -1.95. The van der Waals surface area contributed by atoms with E-state index in [1.54, 1.807) is 24.0 Å². The number of anilines is 1. The van der Waals surface area contributed by atoms with Gasteiger partial charge in [-0.2, -0.15) is 5.10 Å². The first-order chi connectivity index (χ1) is 10.5. The number of hydrogen-bond donors (Lipinski definition) is 1. The first-order valence-electron chi connectivity index (χ1n) is 6.94. The molecule has 0 radical (unpaired) electrons. The lowest BCUT2D eigenvalue weighted by Gasteiger charge is -2.19. The molecule has 118 valence electrons.